The number of aliphatic hydroxyl groups excluding tert-OH is 2. The van der Waals surface area contributed by atoms with Gasteiger partial charge in [-0.15, -0.1) is 0 Å². The number of pyridine rings is 1. The SMILES string of the molecule is N#Cc1cccc(N(CCO)CCO)n1. The van der Waals surface area contributed by atoms with Crippen LogP contribution in [0.3, 0.4) is 0 Å². The van der Waals surface area contributed by atoms with Crippen molar-refractivity contribution in [3.63, 3.8) is 0 Å². The van der Waals surface area contributed by atoms with Gasteiger partial charge in [-0.2, -0.15) is 5.26 Å². The Morgan fingerprint density at radius 2 is 1.93 bits per heavy atom. The number of hydrogen-bond acceptors (Lipinski definition) is 5. The van der Waals surface area contributed by atoms with E-state index in [0.717, 1.165) is 0 Å². The van der Waals surface area contributed by atoms with Crippen LogP contribution in [0.15, 0.2) is 18.2 Å². The molecule has 0 atom stereocenters. The van der Waals surface area contributed by atoms with E-state index < -0.39 is 0 Å². The van der Waals surface area contributed by atoms with Gasteiger partial charge in [0.05, 0.1) is 13.2 Å². The van der Waals surface area contributed by atoms with Gasteiger partial charge >= 0.3 is 0 Å². The summed E-state index contributed by atoms with van der Waals surface area (Å²) < 4.78 is 0. The van der Waals surface area contributed by atoms with Crippen LogP contribution in [-0.4, -0.2) is 41.5 Å². The van der Waals surface area contributed by atoms with Crippen LogP contribution in [0.1, 0.15) is 5.69 Å². The van der Waals surface area contributed by atoms with Gasteiger partial charge in [-0.3, -0.25) is 0 Å². The molecule has 1 aromatic rings. The molecule has 0 aromatic carbocycles. The zero-order valence-corrected chi connectivity index (χ0v) is 8.30. The van der Waals surface area contributed by atoms with E-state index in [1.807, 2.05) is 6.07 Å². The van der Waals surface area contributed by atoms with Crippen molar-refractivity contribution in [2.75, 3.05) is 31.2 Å². The maximum atomic E-state index is 8.84. The van der Waals surface area contributed by atoms with Gasteiger partial charge in [0, 0.05) is 13.1 Å². The second-order valence-corrected chi connectivity index (χ2v) is 2.93. The van der Waals surface area contributed by atoms with Crippen molar-refractivity contribution in [1.29, 1.82) is 5.26 Å². The molecule has 0 aliphatic heterocycles. The summed E-state index contributed by atoms with van der Waals surface area (Å²) >= 11 is 0. The second-order valence-electron chi connectivity index (χ2n) is 2.93. The van der Waals surface area contributed by atoms with Crippen LogP contribution in [-0.2, 0) is 0 Å². The van der Waals surface area contributed by atoms with Crippen LogP contribution in [0.25, 0.3) is 0 Å². The van der Waals surface area contributed by atoms with Crippen LogP contribution >= 0.6 is 0 Å². The predicted octanol–water partition coefficient (Wildman–Crippen LogP) is -0.256. The smallest absolute Gasteiger partial charge is 0.142 e. The van der Waals surface area contributed by atoms with Crippen molar-refractivity contribution >= 4 is 5.82 Å². The highest BCUT2D eigenvalue weighted by atomic mass is 16.3. The first kappa shape index (κ1) is 11.4. The molecule has 0 saturated carbocycles. The van der Waals surface area contributed by atoms with Crippen LogP contribution < -0.4 is 4.90 Å². The molecule has 1 heterocycles. The number of hydrogen-bond donors (Lipinski definition) is 2. The molecule has 0 amide bonds. The number of aliphatic hydroxyl groups is 2. The standard InChI is InChI=1S/C10H13N3O2/c11-8-9-2-1-3-10(12-9)13(4-6-14)5-7-15/h1-3,14-15H,4-7H2. The summed E-state index contributed by atoms with van der Waals surface area (Å²) in [6.45, 7) is 0.752. The molecule has 0 unspecified atom stereocenters. The minimum absolute atomic E-state index is 0.0154. The first-order chi connectivity index (χ1) is 7.31. The molecular weight excluding hydrogens is 194 g/mol. The lowest BCUT2D eigenvalue weighted by Crippen LogP contribution is -2.30. The Balaban J connectivity index is 2.85. The molecule has 15 heavy (non-hydrogen) atoms. The zero-order chi connectivity index (χ0) is 11.1. The molecule has 2 N–H and O–H groups in total. The normalized spacial score (nSPS) is 9.67. The number of rotatable bonds is 5. The lowest BCUT2D eigenvalue weighted by atomic mass is 10.3. The van der Waals surface area contributed by atoms with E-state index in [1.165, 1.54) is 0 Å². The molecule has 1 rings (SSSR count). The highest BCUT2D eigenvalue weighted by Crippen LogP contribution is 2.10. The second kappa shape index (κ2) is 5.96. The van der Waals surface area contributed by atoms with Crippen molar-refractivity contribution in [3.05, 3.63) is 23.9 Å². The fourth-order valence-corrected chi connectivity index (χ4v) is 1.24. The van der Waals surface area contributed by atoms with Gasteiger partial charge in [-0.1, -0.05) is 6.07 Å². The number of nitrogens with zero attached hydrogens (tertiary/aromatic N) is 3. The molecule has 0 aliphatic rings. The molecule has 80 valence electrons. The molecule has 1 aromatic heterocycles. The van der Waals surface area contributed by atoms with E-state index >= 15 is 0 Å². The summed E-state index contributed by atoms with van der Waals surface area (Å²) in [6, 6.07) is 7.02. The summed E-state index contributed by atoms with van der Waals surface area (Å²) in [7, 11) is 0. The fraction of sp³-hybridized carbons (Fsp3) is 0.400. The van der Waals surface area contributed by atoms with Crippen molar-refractivity contribution in [2.24, 2.45) is 0 Å². The van der Waals surface area contributed by atoms with E-state index in [2.05, 4.69) is 4.98 Å². The van der Waals surface area contributed by atoms with E-state index in [9.17, 15) is 0 Å². The fourth-order valence-electron chi connectivity index (χ4n) is 1.24. The molecule has 0 aliphatic carbocycles. The molecule has 0 radical (unpaired) electrons. The van der Waals surface area contributed by atoms with Crippen molar-refractivity contribution < 1.29 is 10.2 Å². The van der Waals surface area contributed by atoms with Gasteiger partial charge in [-0.25, -0.2) is 4.98 Å². The number of anilines is 1. The van der Waals surface area contributed by atoms with Crippen molar-refractivity contribution in [1.82, 2.24) is 4.98 Å². The van der Waals surface area contributed by atoms with Gasteiger partial charge in [0.1, 0.15) is 17.6 Å². The third-order valence-electron chi connectivity index (χ3n) is 1.91. The molecule has 0 spiro atoms. The summed E-state index contributed by atoms with van der Waals surface area (Å²) in [5, 5.41) is 26.3. The Labute approximate surface area is 88.2 Å². The quantitative estimate of drug-likeness (QED) is 0.695. The zero-order valence-electron chi connectivity index (χ0n) is 8.30. The molecule has 0 bridgehead atoms. The Hall–Kier alpha value is -1.64. The van der Waals surface area contributed by atoms with Crippen LogP contribution in [0, 0.1) is 11.3 Å². The van der Waals surface area contributed by atoms with Gasteiger partial charge in [0.25, 0.3) is 0 Å². The van der Waals surface area contributed by atoms with E-state index in [1.54, 1.807) is 23.1 Å². The third-order valence-corrected chi connectivity index (χ3v) is 1.91. The van der Waals surface area contributed by atoms with Crippen molar-refractivity contribution in [2.45, 2.75) is 0 Å². The summed E-state index contributed by atoms with van der Waals surface area (Å²) in [4.78, 5) is 5.79. The minimum Gasteiger partial charge on any atom is -0.395 e. The minimum atomic E-state index is -0.0154. The Morgan fingerprint density at radius 1 is 1.27 bits per heavy atom. The van der Waals surface area contributed by atoms with Crippen LogP contribution in [0.5, 0.6) is 0 Å². The first-order valence-electron chi connectivity index (χ1n) is 4.65. The average Bonchev–Trinajstić information content (AvgIpc) is 2.29. The van der Waals surface area contributed by atoms with Gasteiger partial charge < -0.3 is 15.1 Å². The van der Waals surface area contributed by atoms with Gasteiger partial charge in [0.15, 0.2) is 0 Å². The first-order valence-corrected chi connectivity index (χ1v) is 4.65. The Kier molecular flexibility index (Phi) is 4.54. The van der Waals surface area contributed by atoms with E-state index in [4.69, 9.17) is 15.5 Å². The molecule has 5 heteroatoms. The van der Waals surface area contributed by atoms with Crippen LogP contribution in [0.4, 0.5) is 5.82 Å². The lowest BCUT2D eigenvalue weighted by molar-refractivity contribution is 0.280. The Morgan fingerprint density at radius 3 is 2.47 bits per heavy atom. The predicted molar refractivity (Wildman–Crippen MR) is 55.3 cm³/mol. The summed E-state index contributed by atoms with van der Waals surface area (Å²) in [6.07, 6.45) is 0. The third kappa shape index (κ3) is 3.20. The molecule has 0 saturated heterocycles. The van der Waals surface area contributed by atoms with Crippen LogP contribution in [0.2, 0.25) is 0 Å². The monoisotopic (exact) mass is 207 g/mol. The topological polar surface area (TPSA) is 80.4 Å². The summed E-state index contributed by atoms with van der Waals surface area (Å²) in [5.74, 6) is 0.595. The van der Waals surface area contributed by atoms with Crippen molar-refractivity contribution in [3.8, 4) is 6.07 Å². The number of nitriles is 1. The molecule has 5 nitrogen and oxygen atoms in total. The maximum Gasteiger partial charge on any atom is 0.142 e. The lowest BCUT2D eigenvalue weighted by Gasteiger charge is -2.21. The summed E-state index contributed by atoms with van der Waals surface area (Å²) in [5.41, 5.74) is 0.327. The van der Waals surface area contributed by atoms with Gasteiger partial charge in [0.2, 0.25) is 0 Å². The average molecular weight is 207 g/mol. The molecular formula is C10H13N3O2. The van der Waals surface area contributed by atoms with E-state index in [0.29, 0.717) is 24.6 Å². The van der Waals surface area contributed by atoms with E-state index in [-0.39, 0.29) is 13.2 Å². The van der Waals surface area contributed by atoms with Gasteiger partial charge in [-0.05, 0) is 12.1 Å². The largest absolute Gasteiger partial charge is 0.395 e. The Bertz CT molecular complexity index is 343. The molecule has 0 fully saturated rings. The highest BCUT2D eigenvalue weighted by Gasteiger charge is 2.06. The highest BCUT2D eigenvalue weighted by molar-refractivity contribution is 5.41. The maximum absolute atomic E-state index is 8.84. The number of aromatic nitrogens is 1.